The normalized spacial score (nSPS) is 10.5. The van der Waals surface area contributed by atoms with Crippen LogP contribution < -0.4 is 0 Å². The number of rotatable bonds is 3. The van der Waals surface area contributed by atoms with E-state index in [-0.39, 0.29) is 23.0 Å². The van der Waals surface area contributed by atoms with Gasteiger partial charge < -0.3 is 0 Å². The van der Waals surface area contributed by atoms with Gasteiger partial charge in [-0.3, -0.25) is 4.79 Å². The zero-order valence-electron chi connectivity index (χ0n) is 9.59. The van der Waals surface area contributed by atoms with Gasteiger partial charge in [0.15, 0.2) is 5.78 Å². The largest absolute Gasteiger partial charge is 0.294 e. The fourth-order valence-electron chi connectivity index (χ4n) is 1.67. The molecule has 0 atom stereocenters. The number of Topliss-reactive ketones (excluding diaryl/α,β-unsaturated/α-hetero) is 1. The first-order valence-electron chi connectivity index (χ1n) is 5.40. The van der Waals surface area contributed by atoms with Crippen LogP contribution in [0, 0.1) is 5.82 Å². The summed E-state index contributed by atoms with van der Waals surface area (Å²) in [6.45, 7) is 0. The van der Waals surface area contributed by atoms with E-state index in [9.17, 15) is 9.18 Å². The van der Waals surface area contributed by atoms with E-state index in [1.807, 2.05) is 0 Å². The van der Waals surface area contributed by atoms with E-state index in [1.165, 1.54) is 12.1 Å². The molecular weight excluding hydrogens is 354 g/mol. The highest BCUT2D eigenvalue weighted by atomic mass is 79.9. The first-order chi connectivity index (χ1) is 8.99. The molecule has 98 valence electrons. The van der Waals surface area contributed by atoms with Crippen molar-refractivity contribution in [1.29, 1.82) is 0 Å². The zero-order chi connectivity index (χ0) is 14.0. The molecule has 0 bridgehead atoms. The highest BCUT2D eigenvalue weighted by Crippen LogP contribution is 2.27. The van der Waals surface area contributed by atoms with E-state index in [1.54, 1.807) is 24.3 Å². The molecule has 0 aliphatic carbocycles. The Labute approximate surface area is 128 Å². The van der Waals surface area contributed by atoms with Gasteiger partial charge in [-0.05, 0) is 35.9 Å². The third-order valence-electron chi connectivity index (χ3n) is 2.61. The van der Waals surface area contributed by atoms with Gasteiger partial charge in [0.25, 0.3) is 0 Å². The summed E-state index contributed by atoms with van der Waals surface area (Å²) in [5, 5.41) is 0.549. The minimum Gasteiger partial charge on any atom is -0.294 e. The minimum absolute atomic E-state index is 0.0540. The average molecular weight is 362 g/mol. The lowest BCUT2D eigenvalue weighted by atomic mass is 10.0. The molecule has 2 rings (SSSR count). The highest BCUT2D eigenvalue weighted by Gasteiger charge is 2.14. The standard InChI is InChI=1S/C14H8BrCl2FO/c15-11-5-4-9(18)6-8(11)7-13(19)10-2-1-3-12(16)14(10)17/h1-6H,7H2. The first-order valence-corrected chi connectivity index (χ1v) is 6.95. The van der Waals surface area contributed by atoms with Crippen LogP contribution >= 0.6 is 39.1 Å². The Kier molecular flexibility index (Phi) is 4.61. The summed E-state index contributed by atoms with van der Waals surface area (Å²) in [4.78, 5) is 12.2. The SMILES string of the molecule is O=C(Cc1cc(F)ccc1Br)c1cccc(Cl)c1Cl. The lowest BCUT2D eigenvalue weighted by molar-refractivity contribution is 0.0993. The van der Waals surface area contributed by atoms with Gasteiger partial charge in [-0.25, -0.2) is 4.39 Å². The number of hydrogen-bond donors (Lipinski definition) is 0. The van der Waals surface area contributed by atoms with Gasteiger partial charge in [0, 0.05) is 16.5 Å². The summed E-state index contributed by atoms with van der Waals surface area (Å²) < 4.78 is 13.8. The number of benzene rings is 2. The molecule has 1 nitrogen and oxygen atoms in total. The summed E-state index contributed by atoms with van der Waals surface area (Å²) in [5.41, 5.74) is 0.909. The minimum atomic E-state index is -0.386. The second-order valence-corrected chi connectivity index (χ2v) is 5.58. The van der Waals surface area contributed by atoms with Crippen LogP contribution in [0.15, 0.2) is 40.9 Å². The van der Waals surface area contributed by atoms with Crippen molar-refractivity contribution >= 4 is 44.9 Å². The van der Waals surface area contributed by atoms with Gasteiger partial charge in [0.2, 0.25) is 0 Å². The lowest BCUT2D eigenvalue weighted by Crippen LogP contribution is -2.05. The van der Waals surface area contributed by atoms with Crippen LogP contribution in [-0.4, -0.2) is 5.78 Å². The van der Waals surface area contributed by atoms with Crippen LogP contribution in [0.1, 0.15) is 15.9 Å². The first kappa shape index (κ1) is 14.5. The zero-order valence-corrected chi connectivity index (χ0v) is 12.7. The molecule has 0 aromatic heterocycles. The predicted octanol–water partition coefficient (Wildman–Crippen LogP) is 5.32. The molecule has 19 heavy (non-hydrogen) atoms. The Bertz CT molecular complexity index is 643. The molecule has 0 fully saturated rings. The van der Waals surface area contributed by atoms with Gasteiger partial charge in [-0.15, -0.1) is 0 Å². The Balaban J connectivity index is 2.31. The second-order valence-electron chi connectivity index (χ2n) is 3.94. The highest BCUT2D eigenvalue weighted by molar-refractivity contribution is 9.10. The second kappa shape index (κ2) is 6.04. The molecule has 2 aromatic rings. The topological polar surface area (TPSA) is 17.1 Å². The van der Waals surface area contributed by atoms with Crippen LogP contribution in [0.5, 0.6) is 0 Å². The molecule has 0 spiro atoms. The maximum atomic E-state index is 13.2. The van der Waals surface area contributed by atoms with Crippen molar-refractivity contribution in [2.75, 3.05) is 0 Å². The number of ketones is 1. The van der Waals surface area contributed by atoms with Gasteiger partial charge >= 0.3 is 0 Å². The molecule has 2 aromatic carbocycles. The van der Waals surface area contributed by atoms with Crippen LogP contribution in [0.2, 0.25) is 10.0 Å². The van der Waals surface area contributed by atoms with E-state index >= 15 is 0 Å². The Morgan fingerprint density at radius 3 is 2.68 bits per heavy atom. The van der Waals surface area contributed by atoms with E-state index in [0.29, 0.717) is 20.6 Å². The van der Waals surface area contributed by atoms with E-state index in [2.05, 4.69) is 15.9 Å². The van der Waals surface area contributed by atoms with Crippen molar-refractivity contribution in [3.05, 3.63) is 67.9 Å². The van der Waals surface area contributed by atoms with Crippen molar-refractivity contribution in [3.8, 4) is 0 Å². The molecule has 0 aliphatic rings. The van der Waals surface area contributed by atoms with Crippen molar-refractivity contribution in [2.45, 2.75) is 6.42 Å². The van der Waals surface area contributed by atoms with Crippen LogP contribution in [0.3, 0.4) is 0 Å². The van der Waals surface area contributed by atoms with Gasteiger partial charge in [0.05, 0.1) is 10.0 Å². The fraction of sp³-hybridized carbons (Fsp3) is 0.0714. The van der Waals surface area contributed by atoms with Gasteiger partial charge in [-0.2, -0.15) is 0 Å². The lowest BCUT2D eigenvalue weighted by Gasteiger charge is -2.07. The van der Waals surface area contributed by atoms with Gasteiger partial charge in [0.1, 0.15) is 5.82 Å². The number of hydrogen-bond acceptors (Lipinski definition) is 1. The third kappa shape index (κ3) is 3.35. The molecule has 5 heteroatoms. The molecule has 0 aliphatic heterocycles. The summed E-state index contributed by atoms with van der Waals surface area (Å²) in [5.74, 6) is -0.595. The van der Waals surface area contributed by atoms with Crippen LogP contribution in [-0.2, 0) is 6.42 Å². The maximum absolute atomic E-state index is 13.2. The van der Waals surface area contributed by atoms with Crippen LogP contribution in [0.4, 0.5) is 4.39 Å². The van der Waals surface area contributed by atoms with E-state index in [4.69, 9.17) is 23.2 Å². The van der Waals surface area contributed by atoms with Crippen LogP contribution in [0.25, 0.3) is 0 Å². The van der Waals surface area contributed by atoms with Crippen molar-refractivity contribution in [2.24, 2.45) is 0 Å². The molecule has 0 heterocycles. The Morgan fingerprint density at radius 2 is 1.95 bits per heavy atom. The molecule has 0 saturated carbocycles. The van der Waals surface area contributed by atoms with E-state index < -0.39 is 0 Å². The summed E-state index contributed by atoms with van der Waals surface area (Å²) >= 11 is 15.1. The number of halogens is 4. The monoisotopic (exact) mass is 360 g/mol. The molecule has 0 amide bonds. The summed E-state index contributed by atoms with van der Waals surface area (Å²) in [6, 6.07) is 9.08. The smallest absolute Gasteiger partial charge is 0.168 e. The third-order valence-corrected chi connectivity index (χ3v) is 4.20. The fourth-order valence-corrected chi connectivity index (χ4v) is 2.46. The molecule has 0 unspecified atom stereocenters. The average Bonchev–Trinajstić information content (AvgIpc) is 2.37. The summed E-state index contributed by atoms with van der Waals surface area (Å²) in [7, 11) is 0. The number of carbonyl (C=O) groups is 1. The van der Waals surface area contributed by atoms with Crippen molar-refractivity contribution in [1.82, 2.24) is 0 Å². The van der Waals surface area contributed by atoms with E-state index in [0.717, 1.165) is 0 Å². The Hall–Kier alpha value is -0.900. The molecule has 0 radical (unpaired) electrons. The summed E-state index contributed by atoms with van der Waals surface area (Å²) in [6.07, 6.45) is 0.0540. The number of carbonyl (C=O) groups excluding carboxylic acids is 1. The quantitative estimate of drug-likeness (QED) is 0.676. The molecule has 0 saturated heterocycles. The maximum Gasteiger partial charge on any atom is 0.168 e. The Morgan fingerprint density at radius 1 is 1.21 bits per heavy atom. The molecular formula is C14H8BrCl2FO. The van der Waals surface area contributed by atoms with Crippen molar-refractivity contribution < 1.29 is 9.18 Å². The van der Waals surface area contributed by atoms with Crippen molar-refractivity contribution in [3.63, 3.8) is 0 Å². The predicted molar refractivity (Wildman–Crippen MR) is 78.6 cm³/mol. The van der Waals surface area contributed by atoms with Gasteiger partial charge in [-0.1, -0.05) is 45.2 Å². The molecule has 0 N–H and O–H groups in total.